The number of carboxylic acids is 1. The topological polar surface area (TPSA) is 84.9 Å². The Hall–Kier alpha value is -3.02. The Bertz CT molecular complexity index is 729. The number of benzene rings is 2. The van der Waals surface area contributed by atoms with E-state index in [4.69, 9.17) is 14.6 Å². The smallest absolute Gasteiger partial charge is 0.341 e. The molecule has 2 aromatic rings. The van der Waals surface area contributed by atoms with Gasteiger partial charge >= 0.3 is 5.97 Å². The minimum Gasteiger partial charge on any atom is -0.491 e. The van der Waals surface area contributed by atoms with E-state index in [0.29, 0.717) is 29.4 Å². The summed E-state index contributed by atoms with van der Waals surface area (Å²) >= 11 is 0. The van der Waals surface area contributed by atoms with Gasteiger partial charge in [0.1, 0.15) is 11.5 Å². The fourth-order valence-electron chi connectivity index (χ4n) is 2.09. The van der Waals surface area contributed by atoms with E-state index in [1.54, 1.807) is 30.3 Å². The van der Waals surface area contributed by atoms with Gasteiger partial charge in [0.2, 0.25) is 0 Å². The molecule has 0 heterocycles. The van der Waals surface area contributed by atoms with Crippen molar-refractivity contribution < 1.29 is 24.2 Å². The van der Waals surface area contributed by atoms with E-state index in [1.165, 1.54) is 6.07 Å². The van der Waals surface area contributed by atoms with Crippen molar-refractivity contribution in [2.75, 3.05) is 18.5 Å². The maximum absolute atomic E-state index is 12.4. The van der Waals surface area contributed by atoms with E-state index in [2.05, 4.69) is 12.2 Å². The zero-order valence-electron chi connectivity index (χ0n) is 14.0. The van der Waals surface area contributed by atoms with Crippen LogP contribution < -0.4 is 14.8 Å². The van der Waals surface area contributed by atoms with Gasteiger partial charge in [-0.05, 0) is 36.8 Å². The van der Waals surface area contributed by atoms with E-state index in [9.17, 15) is 9.59 Å². The molecule has 132 valence electrons. The first-order chi connectivity index (χ1) is 12.1. The molecule has 0 aromatic heterocycles. The lowest BCUT2D eigenvalue weighted by Gasteiger charge is -2.12. The Morgan fingerprint density at radius 2 is 1.88 bits per heavy atom. The second kappa shape index (κ2) is 9.32. The van der Waals surface area contributed by atoms with Crippen LogP contribution >= 0.6 is 0 Å². The quantitative estimate of drug-likeness (QED) is 0.680. The number of amides is 1. The predicted octanol–water partition coefficient (Wildman–Crippen LogP) is 3.58. The lowest BCUT2D eigenvalue weighted by molar-refractivity contribution is -0.139. The molecule has 0 radical (unpaired) electrons. The number of unbranched alkanes of at least 4 members (excludes halogenated alkanes) is 1. The van der Waals surface area contributed by atoms with Crippen LogP contribution in [0.15, 0.2) is 48.5 Å². The maximum atomic E-state index is 12.4. The summed E-state index contributed by atoms with van der Waals surface area (Å²) in [4.78, 5) is 23.0. The van der Waals surface area contributed by atoms with Crippen molar-refractivity contribution >= 4 is 17.6 Å². The molecule has 0 fully saturated rings. The van der Waals surface area contributed by atoms with Crippen molar-refractivity contribution in [3.8, 4) is 11.5 Å². The van der Waals surface area contributed by atoms with Gasteiger partial charge in [0, 0.05) is 5.56 Å². The summed E-state index contributed by atoms with van der Waals surface area (Å²) in [7, 11) is 0. The first kappa shape index (κ1) is 18.3. The average Bonchev–Trinajstić information content (AvgIpc) is 2.62. The van der Waals surface area contributed by atoms with Gasteiger partial charge in [0.15, 0.2) is 6.61 Å². The van der Waals surface area contributed by atoms with Gasteiger partial charge < -0.3 is 19.9 Å². The normalized spacial score (nSPS) is 10.1. The molecule has 0 atom stereocenters. The Morgan fingerprint density at radius 1 is 1.08 bits per heavy atom. The minimum atomic E-state index is -1.08. The SMILES string of the molecule is CCCCOc1ccccc1NC(=O)c1cccc(OCC(=O)O)c1. The number of carboxylic acid groups (broad SMARTS) is 1. The van der Waals surface area contributed by atoms with E-state index >= 15 is 0 Å². The highest BCUT2D eigenvalue weighted by molar-refractivity contribution is 6.05. The highest BCUT2D eigenvalue weighted by Crippen LogP contribution is 2.25. The van der Waals surface area contributed by atoms with Crippen molar-refractivity contribution in [2.45, 2.75) is 19.8 Å². The summed E-state index contributed by atoms with van der Waals surface area (Å²) in [5.41, 5.74) is 0.951. The number of hydrogen-bond acceptors (Lipinski definition) is 4. The fourth-order valence-corrected chi connectivity index (χ4v) is 2.09. The van der Waals surface area contributed by atoms with Crippen LogP contribution in [0.5, 0.6) is 11.5 Å². The molecule has 0 saturated carbocycles. The molecular weight excluding hydrogens is 322 g/mol. The lowest BCUT2D eigenvalue weighted by atomic mass is 10.2. The zero-order chi connectivity index (χ0) is 18.1. The monoisotopic (exact) mass is 343 g/mol. The number of aliphatic carboxylic acids is 1. The van der Waals surface area contributed by atoms with Crippen molar-refractivity contribution in [2.24, 2.45) is 0 Å². The minimum absolute atomic E-state index is 0.322. The van der Waals surface area contributed by atoms with Gasteiger partial charge in [-0.1, -0.05) is 31.5 Å². The Balaban J connectivity index is 2.07. The number of carbonyl (C=O) groups is 2. The molecule has 0 unspecified atom stereocenters. The Kier molecular flexibility index (Phi) is 6.83. The van der Waals surface area contributed by atoms with Crippen molar-refractivity contribution in [3.63, 3.8) is 0 Å². The zero-order valence-corrected chi connectivity index (χ0v) is 14.0. The highest BCUT2D eigenvalue weighted by Gasteiger charge is 2.11. The van der Waals surface area contributed by atoms with Gasteiger partial charge in [-0.3, -0.25) is 4.79 Å². The number of para-hydroxylation sites is 2. The van der Waals surface area contributed by atoms with E-state index in [0.717, 1.165) is 12.8 Å². The number of carbonyl (C=O) groups excluding carboxylic acids is 1. The first-order valence-corrected chi connectivity index (χ1v) is 8.08. The van der Waals surface area contributed by atoms with Crippen LogP contribution in [0, 0.1) is 0 Å². The molecule has 1 amide bonds. The van der Waals surface area contributed by atoms with Crippen LogP contribution in [0.4, 0.5) is 5.69 Å². The third-order valence-electron chi connectivity index (χ3n) is 3.35. The van der Waals surface area contributed by atoms with E-state index < -0.39 is 12.6 Å². The lowest BCUT2D eigenvalue weighted by Crippen LogP contribution is -2.14. The highest BCUT2D eigenvalue weighted by atomic mass is 16.5. The fraction of sp³-hybridized carbons (Fsp3) is 0.263. The molecule has 0 bridgehead atoms. The Labute approximate surface area is 146 Å². The molecule has 2 N–H and O–H groups in total. The second-order valence-electron chi connectivity index (χ2n) is 5.36. The molecule has 0 aliphatic heterocycles. The molecule has 25 heavy (non-hydrogen) atoms. The summed E-state index contributed by atoms with van der Waals surface area (Å²) in [6, 6.07) is 13.6. The molecule has 6 heteroatoms. The molecule has 0 spiro atoms. The summed E-state index contributed by atoms with van der Waals surface area (Å²) in [5, 5.41) is 11.5. The largest absolute Gasteiger partial charge is 0.491 e. The molecule has 2 aromatic carbocycles. The third-order valence-corrected chi connectivity index (χ3v) is 3.35. The maximum Gasteiger partial charge on any atom is 0.341 e. The standard InChI is InChI=1S/C19H21NO5/c1-2-3-11-24-17-10-5-4-9-16(17)20-19(23)14-7-6-8-15(12-14)25-13-18(21)22/h4-10,12H,2-3,11,13H2,1H3,(H,20,23)(H,21,22). The van der Waals surface area contributed by atoms with Gasteiger partial charge in [-0.25, -0.2) is 4.79 Å². The van der Waals surface area contributed by atoms with Crippen LogP contribution in [0.3, 0.4) is 0 Å². The van der Waals surface area contributed by atoms with Crippen molar-refractivity contribution in [1.82, 2.24) is 0 Å². The van der Waals surface area contributed by atoms with Crippen LogP contribution in [-0.4, -0.2) is 30.2 Å². The summed E-state index contributed by atoms with van der Waals surface area (Å²) in [5.74, 6) is -0.467. The number of hydrogen-bond donors (Lipinski definition) is 2. The van der Waals surface area contributed by atoms with Crippen LogP contribution in [0.1, 0.15) is 30.1 Å². The molecule has 0 aliphatic rings. The van der Waals surface area contributed by atoms with Gasteiger partial charge in [0.25, 0.3) is 5.91 Å². The third kappa shape index (κ3) is 5.84. The second-order valence-corrected chi connectivity index (χ2v) is 5.36. The molecule has 6 nitrogen and oxygen atoms in total. The molecule has 0 saturated heterocycles. The van der Waals surface area contributed by atoms with Gasteiger partial charge in [0.05, 0.1) is 12.3 Å². The predicted molar refractivity (Wildman–Crippen MR) is 94.4 cm³/mol. The van der Waals surface area contributed by atoms with Crippen LogP contribution in [0.25, 0.3) is 0 Å². The number of ether oxygens (including phenoxy) is 2. The molecule has 0 aliphatic carbocycles. The van der Waals surface area contributed by atoms with E-state index in [-0.39, 0.29) is 5.91 Å². The van der Waals surface area contributed by atoms with Gasteiger partial charge in [-0.2, -0.15) is 0 Å². The van der Waals surface area contributed by atoms with Crippen LogP contribution in [0.2, 0.25) is 0 Å². The average molecular weight is 343 g/mol. The van der Waals surface area contributed by atoms with Gasteiger partial charge in [-0.15, -0.1) is 0 Å². The number of anilines is 1. The molecule has 2 rings (SSSR count). The van der Waals surface area contributed by atoms with E-state index in [1.807, 2.05) is 12.1 Å². The van der Waals surface area contributed by atoms with Crippen LogP contribution in [-0.2, 0) is 4.79 Å². The summed E-state index contributed by atoms with van der Waals surface area (Å²) < 4.78 is 10.8. The van der Waals surface area contributed by atoms with Crippen molar-refractivity contribution in [3.05, 3.63) is 54.1 Å². The summed E-state index contributed by atoms with van der Waals surface area (Å²) in [6.45, 7) is 2.21. The Morgan fingerprint density at radius 3 is 2.64 bits per heavy atom. The van der Waals surface area contributed by atoms with Crippen molar-refractivity contribution in [1.29, 1.82) is 0 Å². The summed E-state index contributed by atoms with van der Waals surface area (Å²) in [6.07, 6.45) is 1.96. The molecular formula is C19H21NO5. The number of nitrogens with one attached hydrogen (secondary N) is 1. The number of rotatable bonds is 9. The first-order valence-electron chi connectivity index (χ1n) is 8.08.